The average molecular weight is 164 g/mol. The maximum absolute atomic E-state index is 10.5. The summed E-state index contributed by atoms with van der Waals surface area (Å²) in [6.07, 6.45) is -0.987. The van der Waals surface area contributed by atoms with E-state index in [0.717, 1.165) is 7.05 Å². The highest BCUT2D eigenvalue weighted by molar-refractivity contribution is 5.72. The summed E-state index contributed by atoms with van der Waals surface area (Å²) in [5, 5.41) is 28.0. The Morgan fingerprint density at radius 3 is 2.64 bits per heavy atom. The van der Waals surface area contributed by atoms with Crippen LogP contribution in [0.2, 0.25) is 0 Å². The Balaban J connectivity index is 3.46. The van der Waals surface area contributed by atoms with Gasteiger partial charge in [-0.15, -0.1) is 0 Å². The van der Waals surface area contributed by atoms with Crippen molar-refractivity contribution in [3.05, 3.63) is 0 Å². The van der Waals surface area contributed by atoms with Gasteiger partial charge in [-0.25, -0.2) is 9.86 Å². The molecule has 0 aliphatic carbocycles. The van der Waals surface area contributed by atoms with Crippen LogP contribution in [0.15, 0.2) is 0 Å². The number of aliphatic hydroxyl groups excluding tert-OH is 2. The third-order valence-corrected chi connectivity index (χ3v) is 0.994. The molecule has 0 bridgehead atoms. The lowest BCUT2D eigenvalue weighted by molar-refractivity contribution is -0.0199. The van der Waals surface area contributed by atoms with Crippen LogP contribution in [0.4, 0.5) is 4.79 Å². The van der Waals surface area contributed by atoms with Crippen LogP contribution < -0.4 is 5.32 Å². The molecular formula is C5H12N2O4. The highest BCUT2D eigenvalue weighted by Gasteiger charge is 2.07. The zero-order valence-corrected chi connectivity index (χ0v) is 6.19. The second-order valence-corrected chi connectivity index (χ2v) is 2.05. The lowest BCUT2D eigenvalue weighted by Crippen LogP contribution is -2.40. The first-order valence-corrected chi connectivity index (χ1v) is 3.07. The van der Waals surface area contributed by atoms with E-state index in [1.807, 2.05) is 0 Å². The summed E-state index contributed by atoms with van der Waals surface area (Å²) in [5.74, 6) is 0. The fraction of sp³-hybridized carbons (Fsp3) is 0.800. The molecule has 0 fully saturated rings. The molecule has 0 heterocycles. The SMILES string of the molecule is CN(O)C(=O)NCC(O)CO. The fourth-order valence-corrected chi connectivity index (χ4v) is 0.384. The van der Waals surface area contributed by atoms with Crippen LogP contribution in [0.25, 0.3) is 0 Å². The van der Waals surface area contributed by atoms with Crippen LogP contribution in [0.3, 0.4) is 0 Å². The van der Waals surface area contributed by atoms with Gasteiger partial charge in [-0.05, 0) is 0 Å². The standard InChI is InChI=1S/C5H12N2O4/c1-7(11)5(10)6-2-4(9)3-8/h4,8-9,11H,2-3H2,1H3,(H,6,10). The van der Waals surface area contributed by atoms with Gasteiger partial charge < -0.3 is 15.5 Å². The van der Waals surface area contributed by atoms with E-state index in [-0.39, 0.29) is 6.54 Å². The zero-order valence-electron chi connectivity index (χ0n) is 6.19. The van der Waals surface area contributed by atoms with Crippen molar-refractivity contribution >= 4 is 6.03 Å². The molecule has 0 saturated carbocycles. The van der Waals surface area contributed by atoms with Crippen LogP contribution in [-0.2, 0) is 0 Å². The van der Waals surface area contributed by atoms with Crippen molar-refractivity contribution < 1.29 is 20.2 Å². The predicted octanol–water partition coefficient (Wildman–Crippen LogP) is -1.63. The molecule has 0 rings (SSSR count). The van der Waals surface area contributed by atoms with Crippen LogP contribution >= 0.6 is 0 Å². The highest BCUT2D eigenvalue weighted by Crippen LogP contribution is 1.79. The zero-order chi connectivity index (χ0) is 8.85. The van der Waals surface area contributed by atoms with E-state index in [9.17, 15) is 4.79 Å². The van der Waals surface area contributed by atoms with Gasteiger partial charge in [0.2, 0.25) is 0 Å². The summed E-state index contributed by atoms with van der Waals surface area (Å²) in [6, 6.07) is -0.725. The second kappa shape index (κ2) is 4.89. The van der Waals surface area contributed by atoms with E-state index in [0.29, 0.717) is 5.06 Å². The molecule has 4 N–H and O–H groups in total. The average Bonchev–Trinajstić information content (AvgIpc) is 1.99. The number of hydrogen-bond acceptors (Lipinski definition) is 4. The van der Waals surface area contributed by atoms with Crippen LogP contribution in [0.1, 0.15) is 0 Å². The van der Waals surface area contributed by atoms with Gasteiger partial charge in [0.05, 0.1) is 12.7 Å². The molecule has 6 heteroatoms. The topological polar surface area (TPSA) is 93.0 Å². The number of amides is 2. The number of rotatable bonds is 3. The lowest BCUT2D eigenvalue weighted by Gasteiger charge is -2.12. The number of aliphatic hydroxyl groups is 2. The number of nitrogens with one attached hydrogen (secondary N) is 1. The number of hydrogen-bond donors (Lipinski definition) is 4. The van der Waals surface area contributed by atoms with Crippen LogP contribution in [0, 0.1) is 0 Å². The largest absolute Gasteiger partial charge is 0.394 e. The van der Waals surface area contributed by atoms with Gasteiger partial charge in [0, 0.05) is 13.6 Å². The first-order chi connectivity index (χ1) is 5.07. The van der Waals surface area contributed by atoms with E-state index in [4.69, 9.17) is 15.4 Å². The molecule has 0 spiro atoms. The van der Waals surface area contributed by atoms with E-state index < -0.39 is 18.7 Å². The molecule has 0 aromatic rings. The van der Waals surface area contributed by atoms with Gasteiger partial charge >= 0.3 is 6.03 Å². The quantitative estimate of drug-likeness (QED) is 0.297. The third kappa shape index (κ3) is 4.54. The maximum Gasteiger partial charge on any atom is 0.340 e. The van der Waals surface area contributed by atoms with Gasteiger partial charge in [0.1, 0.15) is 0 Å². The van der Waals surface area contributed by atoms with Gasteiger partial charge in [0.15, 0.2) is 0 Å². The Labute approximate surface area is 64.0 Å². The minimum Gasteiger partial charge on any atom is -0.394 e. The Morgan fingerprint density at radius 2 is 2.27 bits per heavy atom. The van der Waals surface area contributed by atoms with Crippen molar-refractivity contribution in [2.75, 3.05) is 20.2 Å². The summed E-state index contributed by atoms with van der Waals surface area (Å²) >= 11 is 0. The predicted molar refractivity (Wildman–Crippen MR) is 36.0 cm³/mol. The van der Waals surface area contributed by atoms with Crippen molar-refractivity contribution in [3.63, 3.8) is 0 Å². The maximum atomic E-state index is 10.5. The molecular weight excluding hydrogens is 152 g/mol. The Bertz CT molecular complexity index is 128. The molecule has 1 atom stereocenters. The summed E-state index contributed by atoms with van der Waals surface area (Å²) < 4.78 is 0. The molecule has 66 valence electrons. The second-order valence-electron chi connectivity index (χ2n) is 2.05. The number of nitrogens with zero attached hydrogens (tertiary/aromatic N) is 1. The first kappa shape index (κ1) is 10.2. The molecule has 0 aromatic carbocycles. The van der Waals surface area contributed by atoms with E-state index in [1.54, 1.807) is 0 Å². The van der Waals surface area contributed by atoms with Crippen molar-refractivity contribution in [1.82, 2.24) is 10.4 Å². The van der Waals surface area contributed by atoms with E-state index in [2.05, 4.69) is 5.32 Å². The monoisotopic (exact) mass is 164 g/mol. The summed E-state index contributed by atoms with van der Waals surface area (Å²) in [7, 11) is 1.15. The minimum atomic E-state index is -0.987. The number of urea groups is 1. The molecule has 11 heavy (non-hydrogen) atoms. The van der Waals surface area contributed by atoms with E-state index >= 15 is 0 Å². The van der Waals surface area contributed by atoms with Crippen molar-refractivity contribution in [3.8, 4) is 0 Å². The first-order valence-electron chi connectivity index (χ1n) is 3.07. The number of hydroxylamine groups is 2. The molecule has 0 aliphatic heterocycles. The van der Waals surface area contributed by atoms with Crippen LogP contribution in [0.5, 0.6) is 0 Å². The smallest absolute Gasteiger partial charge is 0.340 e. The van der Waals surface area contributed by atoms with Gasteiger partial charge in [-0.3, -0.25) is 5.21 Å². The molecule has 6 nitrogen and oxygen atoms in total. The summed E-state index contributed by atoms with van der Waals surface area (Å²) in [6.45, 7) is -0.504. The molecule has 1 unspecified atom stereocenters. The molecule has 0 aromatic heterocycles. The molecule has 0 radical (unpaired) electrons. The fourth-order valence-electron chi connectivity index (χ4n) is 0.384. The van der Waals surface area contributed by atoms with Crippen molar-refractivity contribution in [2.45, 2.75) is 6.10 Å². The third-order valence-electron chi connectivity index (χ3n) is 0.994. The highest BCUT2D eigenvalue weighted by atomic mass is 16.5. The van der Waals surface area contributed by atoms with Crippen LogP contribution in [-0.4, -0.2) is 52.8 Å². The minimum absolute atomic E-state index is 0.0831. The summed E-state index contributed by atoms with van der Waals surface area (Å²) in [4.78, 5) is 10.5. The molecule has 0 aliphatic rings. The van der Waals surface area contributed by atoms with Crippen molar-refractivity contribution in [2.24, 2.45) is 0 Å². The Hall–Kier alpha value is -0.850. The number of carbonyl (C=O) groups is 1. The Morgan fingerprint density at radius 1 is 1.73 bits per heavy atom. The molecule has 2 amide bonds. The van der Waals surface area contributed by atoms with Crippen molar-refractivity contribution in [1.29, 1.82) is 0 Å². The Kier molecular flexibility index (Phi) is 4.51. The lowest BCUT2D eigenvalue weighted by atomic mass is 10.4. The molecule has 0 saturated heterocycles. The van der Waals surface area contributed by atoms with Gasteiger partial charge in [-0.1, -0.05) is 0 Å². The number of carbonyl (C=O) groups excluding carboxylic acids is 1. The van der Waals surface area contributed by atoms with Gasteiger partial charge in [-0.2, -0.15) is 0 Å². The van der Waals surface area contributed by atoms with Gasteiger partial charge in [0.25, 0.3) is 0 Å². The van der Waals surface area contributed by atoms with E-state index in [1.165, 1.54) is 0 Å². The summed E-state index contributed by atoms with van der Waals surface area (Å²) in [5.41, 5.74) is 0. The normalized spacial score (nSPS) is 12.4.